The van der Waals surface area contributed by atoms with Gasteiger partial charge in [-0.25, -0.2) is 0 Å². The molecule has 0 saturated heterocycles. The molecule has 0 atom stereocenters. The molecule has 1 aliphatic heterocycles. The first-order chi connectivity index (χ1) is 14.8. The SMILES string of the molecule is COCCCN1C(=O)c2ccc(C(=O)Nc3ccc(SC(=O)N(C)C)cc3)cc2C1=O. The van der Waals surface area contributed by atoms with E-state index >= 15 is 0 Å². The Kier molecular flexibility index (Phi) is 7.09. The first-order valence-corrected chi connectivity index (χ1v) is 10.4. The standard InChI is InChI=1S/C22H23N3O5S/c1-24(2)22(29)31-16-8-6-15(7-9-16)23-19(26)14-5-10-17-18(13-14)21(28)25(20(17)27)11-4-12-30-3/h5-10,13H,4,11-12H2,1-3H3,(H,23,26). The van der Waals surface area contributed by atoms with E-state index in [1.54, 1.807) is 45.5 Å². The Morgan fingerprint density at radius 2 is 1.71 bits per heavy atom. The van der Waals surface area contributed by atoms with Gasteiger partial charge in [-0.15, -0.1) is 0 Å². The molecule has 0 bridgehead atoms. The third kappa shape index (κ3) is 5.12. The van der Waals surface area contributed by atoms with E-state index in [1.165, 1.54) is 28.0 Å². The van der Waals surface area contributed by atoms with Gasteiger partial charge in [0.05, 0.1) is 11.1 Å². The van der Waals surface area contributed by atoms with Crippen molar-refractivity contribution in [3.05, 3.63) is 59.2 Å². The Bertz CT molecular complexity index is 1020. The average molecular weight is 442 g/mol. The van der Waals surface area contributed by atoms with Crippen molar-refractivity contribution in [2.24, 2.45) is 0 Å². The maximum absolute atomic E-state index is 12.6. The highest BCUT2D eigenvalue weighted by Crippen LogP contribution is 2.26. The molecule has 1 aliphatic rings. The van der Waals surface area contributed by atoms with Gasteiger partial charge >= 0.3 is 0 Å². The van der Waals surface area contributed by atoms with E-state index in [4.69, 9.17) is 4.74 Å². The van der Waals surface area contributed by atoms with Gasteiger partial charge < -0.3 is 15.0 Å². The van der Waals surface area contributed by atoms with Crippen LogP contribution in [0.2, 0.25) is 0 Å². The highest BCUT2D eigenvalue weighted by atomic mass is 32.2. The van der Waals surface area contributed by atoms with Gasteiger partial charge in [-0.2, -0.15) is 0 Å². The molecule has 162 valence electrons. The molecule has 0 saturated carbocycles. The molecular weight excluding hydrogens is 418 g/mol. The van der Waals surface area contributed by atoms with Crippen LogP contribution < -0.4 is 5.32 Å². The van der Waals surface area contributed by atoms with Crippen molar-refractivity contribution in [2.75, 3.05) is 39.7 Å². The third-order valence-electron chi connectivity index (χ3n) is 4.65. The van der Waals surface area contributed by atoms with Gasteiger partial charge in [-0.3, -0.25) is 24.1 Å². The first-order valence-electron chi connectivity index (χ1n) is 9.61. The molecule has 1 N–H and O–H groups in total. The van der Waals surface area contributed by atoms with Gasteiger partial charge in [0.15, 0.2) is 0 Å². The zero-order valence-electron chi connectivity index (χ0n) is 17.5. The fraction of sp³-hybridized carbons (Fsp3) is 0.273. The highest BCUT2D eigenvalue weighted by molar-refractivity contribution is 8.13. The van der Waals surface area contributed by atoms with Crippen molar-refractivity contribution >= 4 is 40.4 Å². The number of nitrogens with zero attached hydrogens (tertiary/aromatic N) is 2. The normalized spacial score (nSPS) is 12.7. The molecule has 1 heterocycles. The monoisotopic (exact) mass is 441 g/mol. The number of hydrogen-bond acceptors (Lipinski definition) is 6. The summed E-state index contributed by atoms with van der Waals surface area (Å²) in [4.78, 5) is 52.9. The van der Waals surface area contributed by atoms with Gasteiger partial charge in [0, 0.05) is 50.5 Å². The van der Waals surface area contributed by atoms with Crippen LogP contribution in [0.4, 0.5) is 10.5 Å². The van der Waals surface area contributed by atoms with Crippen LogP contribution in [0.1, 0.15) is 37.5 Å². The molecule has 4 amide bonds. The molecule has 0 radical (unpaired) electrons. The summed E-state index contributed by atoms with van der Waals surface area (Å²) in [6.45, 7) is 0.712. The summed E-state index contributed by atoms with van der Waals surface area (Å²) >= 11 is 1.09. The predicted octanol–water partition coefficient (Wildman–Crippen LogP) is 3.35. The average Bonchev–Trinajstić information content (AvgIpc) is 2.99. The Hall–Kier alpha value is -3.17. The van der Waals surface area contributed by atoms with E-state index in [1.807, 2.05) is 0 Å². The number of nitrogens with one attached hydrogen (secondary N) is 1. The zero-order chi connectivity index (χ0) is 22.5. The number of hydrogen-bond donors (Lipinski definition) is 1. The number of carbonyl (C=O) groups excluding carboxylic acids is 4. The molecule has 9 heteroatoms. The summed E-state index contributed by atoms with van der Waals surface area (Å²) < 4.78 is 4.97. The summed E-state index contributed by atoms with van der Waals surface area (Å²) in [6, 6.07) is 11.4. The maximum Gasteiger partial charge on any atom is 0.285 e. The molecule has 0 spiro atoms. The summed E-state index contributed by atoms with van der Waals surface area (Å²) in [6.07, 6.45) is 0.545. The Balaban J connectivity index is 1.68. The van der Waals surface area contributed by atoms with Gasteiger partial charge in [-0.05, 0) is 60.6 Å². The van der Waals surface area contributed by atoms with Crippen LogP contribution in [0, 0.1) is 0 Å². The lowest BCUT2D eigenvalue weighted by molar-refractivity contribution is 0.0638. The van der Waals surface area contributed by atoms with E-state index in [9.17, 15) is 19.2 Å². The molecule has 3 rings (SSSR count). The van der Waals surface area contributed by atoms with Crippen molar-refractivity contribution in [2.45, 2.75) is 11.3 Å². The molecule has 2 aromatic carbocycles. The second-order valence-corrected chi connectivity index (χ2v) is 8.13. The number of fused-ring (bicyclic) bond motifs is 1. The Morgan fingerprint density at radius 3 is 2.35 bits per heavy atom. The summed E-state index contributed by atoms with van der Waals surface area (Å²) in [5.41, 5.74) is 1.35. The molecule has 2 aromatic rings. The number of methoxy groups -OCH3 is 1. The number of anilines is 1. The van der Waals surface area contributed by atoms with Gasteiger partial charge in [0.25, 0.3) is 23.0 Å². The highest BCUT2D eigenvalue weighted by Gasteiger charge is 2.35. The van der Waals surface area contributed by atoms with Gasteiger partial charge in [0.2, 0.25) is 0 Å². The van der Waals surface area contributed by atoms with Crippen molar-refractivity contribution < 1.29 is 23.9 Å². The van der Waals surface area contributed by atoms with Crippen LogP contribution in [-0.4, -0.2) is 67.1 Å². The molecular formula is C22H23N3O5S. The molecule has 0 unspecified atom stereocenters. The molecule has 0 fully saturated rings. The minimum absolute atomic E-state index is 0.0922. The van der Waals surface area contributed by atoms with Gasteiger partial charge in [0.1, 0.15) is 0 Å². The second kappa shape index (κ2) is 9.76. The summed E-state index contributed by atoms with van der Waals surface area (Å²) in [7, 11) is 4.92. The Morgan fingerprint density at radius 1 is 1.03 bits per heavy atom. The number of benzene rings is 2. The number of carbonyl (C=O) groups is 4. The predicted molar refractivity (Wildman–Crippen MR) is 118 cm³/mol. The van der Waals surface area contributed by atoms with E-state index in [0.29, 0.717) is 24.3 Å². The van der Waals surface area contributed by atoms with Crippen LogP contribution in [0.25, 0.3) is 0 Å². The number of amides is 4. The molecule has 8 nitrogen and oxygen atoms in total. The second-order valence-electron chi connectivity index (χ2n) is 7.11. The molecule has 0 aromatic heterocycles. The molecule has 0 aliphatic carbocycles. The molecule has 31 heavy (non-hydrogen) atoms. The van der Waals surface area contributed by atoms with E-state index in [2.05, 4.69) is 5.32 Å². The smallest absolute Gasteiger partial charge is 0.285 e. The lowest BCUT2D eigenvalue weighted by Crippen LogP contribution is -2.31. The largest absolute Gasteiger partial charge is 0.385 e. The van der Waals surface area contributed by atoms with E-state index in [0.717, 1.165) is 16.7 Å². The van der Waals surface area contributed by atoms with Crippen molar-refractivity contribution in [1.82, 2.24) is 9.80 Å². The number of imide groups is 1. The zero-order valence-corrected chi connectivity index (χ0v) is 18.3. The first kappa shape index (κ1) is 22.5. The maximum atomic E-state index is 12.6. The lowest BCUT2D eigenvalue weighted by Gasteiger charge is -2.12. The van der Waals surface area contributed by atoms with Gasteiger partial charge in [-0.1, -0.05) is 0 Å². The number of thioether (sulfide) groups is 1. The van der Waals surface area contributed by atoms with Crippen LogP contribution in [0.3, 0.4) is 0 Å². The van der Waals surface area contributed by atoms with Crippen LogP contribution in [0.15, 0.2) is 47.4 Å². The summed E-state index contributed by atoms with van der Waals surface area (Å²) in [5, 5.41) is 2.67. The van der Waals surface area contributed by atoms with Crippen molar-refractivity contribution in [3.63, 3.8) is 0 Å². The Labute approximate surface area is 184 Å². The van der Waals surface area contributed by atoms with Crippen LogP contribution in [-0.2, 0) is 4.74 Å². The van der Waals surface area contributed by atoms with Crippen LogP contribution in [0.5, 0.6) is 0 Å². The minimum atomic E-state index is -0.405. The topological polar surface area (TPSA) is 96.0 Å². The van der Waals surface area contributed by atoms with Crippen LogP contribution >= 0.6 is 11.8 Å². The number of rotatable bonds is 7. The minimum Gasteiger partial charge on any atom is -0.385 e. The quantitative estimate of drug-likeness (QED) is 0.402. The van der Waals surface area contributed by atoms with E-state index < -0.39 is 11.8 Å². The lowest BCUT2D eigenvalue weighted by atomic mass is 10.1. The van der Waals surface area contributed by atoms with E-state index in [-0.39, 0.29) is 28.8 Å². The fourth-order valence-electron chi connectivity index (χ4n) is 3.00. The number of ether oxygens (including phenoxy) is 1. The van der Waals surface area contributed by atoms with Crippen molar-refractivity contribution in [1.29, 1.82) is 0 Å². The fourth-order valence-corrected chi connectivity index (χ4v) is 3.66. The summed E-state index contributed by atoms with van der Waals surface area (Å²) in [5.74, 6) is -1.16. The third-order valence-corrected chi connectivity index (χ3v) is 5.69. The van der Waals surface area contributed by atoms with Crippen molar-refractivity contribution in [3.8, 4) is 0 Å².